The zero-order chi connectivity index (χ0) is 12.4. The summed E-state index contributed by atoms with van der Waals surface area (Å²) in [7, 11) is 1.68. The van der Waals surface area contributed by atoms with Crippen LogP contribution in [0.15, 0.2) is 21.0 Å². The molecule has 92 valence electrons. The van der Waals surface area contributed by atoms with Gasteiger partial charge in [-0.1, -0.05) is 13.8 Å². The van der Waals surface area contributed by atoms with Crippen molar-refractivity contribution in [3.05, 3.63) is 28.1 Å². The smallest absolute Gasteiger partial charge is 0.197 e. The molecule has 0 fully saturated rings. The van der Waals surface area contributed by atoms with Gasteiger partial charge in [0, 0.05) is 13.5 Å². The van der Waals surface area contributed by atoms with Crippen LogP contribution in [0.5, 0.6) is 0 Å². The van der Waals surface area contributed by atoms with Gasteiger partial charge in [0.1, 0.15) is 5.52 Å². The van der Waals surface area contributed by atoms with Crippen LogP contribution in [0.4, 0.5) is 0 Å². The first-order chi connectivity index (χ1) is 8.11. The number of hydrogen-bond acceptors (Lipinski definition) is 3. The highest BCUT2D eigenvalue weighted by atomic mass is 79.9. The van der Waals surface area contributed by atoms with E-state index in [2.05, 4.69) is 46.9 Å². The van der Waals surface area contributed by atoms with Crippen LogP contribution in [0.1, 0.15) is 31.2 Å². The average Bonchev–Trinajstić information content (AvgIpc) is 2.69. The molecule has 2 rings (SSSR count). The molecule has 0 radical (unpaired) electrons. The van der Waals surface area contributed by atoms with E-state index in [9.17, 15) is 0 Å². The summed E-state index contributed by atoms with van der Waals surface area (Å²) in [5, 5.41) is 0. The Morgan fingerprint density at radius 2 is 2.18 bits per heavy atom. The lowest BCUT2D eigenvalue weighted by Crippen LogP contribution is -1.93. The first kappa shape index (κ1) is 12.6. The number of aromatic nitrogens is 1. The maximum absolute atomic E-state index is 5.70. The van der Waals surface area contributed by atoms with E-state index < -0.39 is 0 Å². The maximum atomic E-state index is 5.70. The van der Waals surface area contributed by atoms with Crippen molar-refractivity contribution < 1.29 is 9.15 Å². The summed E-state index contributed by atoms with van der Waals surface area (Å²) in [6.45, 7) is 4.96. The van der Waals surface area contributed by atoms with E-state index in [1.54, 1.807) is 7.11 Å². The van der Waals surface area contributed by atoms with Crippen LogP contribution in [0.3, 0.4) is 0 Å². The Morgan fingerprint density at radius 3 is 2.82 bits per heavy atom. The highest BCUT2D eigenvalue weighted by molar-refractivity contribution is 9.10. The number of fused-ring (bicyclic) bond motifs is 1. The predicted molar refractivity (Wildman–Crippen MR) is 71.4 cm³/mol. The molecule has 1 aromatic carbocycles. The molecule has 0 saturated heterocycles. The van der Waals surface area contributed by atoms with Crippen molar-refractivity contribution in [3.63, 3.8) is 0 Å². The van der Waals surface area contributed by atoms with Crippen LogP contribution in [0.2, 0.25) is 0 Å². The molecule has 0 unspecified atom stereocenters. The molecular formula is C13H16BrNO2. The molecule has 0 aliphatic rings. The first-order valence-corrected chi connectivity index (χ1v) is 6.49. The molecule has 1 heterocycles. The van der Waals surface area contributed by atoms with E-state index in [1.165, 1.54) is 5.56 Å². The third-order valence-corrected chi connectivity index (χ3v) is 3.29. The third-order valence-electron chi connectivity index (χ3n) is 2.70. The van der Waals surface area contributed by atoms with Crippen molar-refractivity contribution in [2.24, 2.45) is 0 Å². The standard InChI is InChI=1S/C13H16BrNO2/c1-8(2)9-6-10(14)13-11(7-9)15-12(17-13)4-5-16-3/h6-8H,4-5H2,1-3H3. The first-order valence-electron chi connectivity index (χ1n) is 5.69. The van der Waals surface area contributed by atoms with E-state index in [0.717, 1.165) is 21.5 Å². The van der Waals surface area contributed by atoms with Crippen LogP contribution >= 0.6 is 15.9 Å². The number of nitrogens with zero attached hydrogens (tertiary/aromatic N) is 1. The molecule has 0 aliphatic heterocycles. The summed E-state index contributed by atoms with van der Waals surface area (Å²) >= 11 is 3.53. The molecule has 3 nitrogen and oxygen atoms in total. The number of benzene rings is 1. The number of halogens is 1. The van der Waals surface area contributed by atoms with Gasteiger partial charge in [-0.2, -0.15) is 0 Å². The summed E-state index contributed by atoms with van der Waals surface area (Å²) in [6, 6.07) is 4.18. The minimum Gasteiger partial charge on any atom is -0.439 e. The van der Waals surface area contributed by atoms with E-state index >= 15 is 0 Å². The summed E-state index contributed by atoms with van der Waals surface area (Å²) in [5.41, 5.74) is 2.99. The van der Waals surface area contributed by atoms with Gasteiger partial charge < -0.3 is 9.15 Å². The monoisotopic (exact) mass is 297 g/mol. The summed E-state index contributed by atoms with van der Waals surface area (Å²) in [5.74, 6) is 1.21. The van der Waals surface area contributed by atoms with Crippen LogP contribution in [-0.4, -0.2) is 18.7 Å². The molecule has 17 heavy (non-hydrogen) atoms. The lowest BCUT2D eigenvalue weighted by Gasteiger charge is -2.04. The second kappa shape index (κ2) is 5.19. The number of hydrogen-bond donors (Lipinski definition) is 0. The van der Waals surface area contributed by atoms with Crippen molar-refractivity contribution in [1.29, 1.82) is 0 Å². The van der Waals surface area contributed by atoms with Crippen molar-refractivity contribution in [1.82, 2.24) is 4.98 Å². The molecule has 0 amide bonds. The van der Waals surface area contributed by atoms with Crippen LogP contribution in [0, 0.1) is 0 Å². The summed E-state index contributed by atoms with van der Waals surface area (Å²) in [6.07, 6.45) is 0.703. The van der Waals surface area contributed by atoms with Crippen LogP contribution < -0.4 is 0 Å². The van der Waals surface area contributed by atoms with Gasteiger partial charge in [-0.05, 0) is 39.5 Å². The SMILES string of the molecule is COCCc1nc2cc(C(C)C)cc(Br)c2o1. The van der Waals surface area contributed by atoms with Gasteiger partial charge in [0.25, 0.3) is 0 Å². The summed E-state index contributed by atoms with van der Waals surface area (Å²) < 4.78 is 11.7. The largest absolute Gasteiger partial charge is 0.439 e. The minimum atomic E-state index is 0.481. The number of methoxy groups -OCH3 is 1. The molecule has 4 heteroatoms. The van der Waals surface area contributed by atoms with Gasteiger partial charge in [-0.15, -0.1) is 0 Å². The third kappa shape index (κ3) is 2.69. The summed E-state index contributed by atoms with van der Waals surface area (Å²) in [4.78, 5) is 4.48. The highest BCUT2D eigenvalue weighted by Crippen LogP contribution is 2.29. The Hall–Kier alpha value is -0.870. The number of ether oxygens (including phenoxy) is 1. The van der Waals surface area contributed by atoms with Gasteiger partial charge in [0.15, 0.2) is 11.5 Å². The van der Waals surface area contributed by atoms with Gasteiger partial charge in [0.2, 0.25) is 0 Å². The second-order valence-corrected chi connectivity index (χ2v) is 5.21. The zero-order valence-electron chi connectivity index (χ0n) is 10.3. The Morgan fingerprint density at radius 1 is 1.41 bits per heavy atom. The van der Waals surface area contributed by atoms with Crippen LogP contribution in [-0.2, 0) is 11.2 Å². The van der Waals surface area contributed by atoms with Crippen molar-refractivity contribution in [2.45, 2.75) is 26.2 Å². The molecule has 1 aromatic heterocycles. The fourth-order valence-corrected chi connectivity index (χ4v) is 2.24. The zero-order valence-corrected chi connectivity index (χ0v) is 11.9. The Balaban J connectivity index is 2.42. The second-order valence-electron chi connectivity index (χ2n) is 4.36. The van der Waals surface area contributed by atoms with E-state index in [1.807, 2.05) is 0 Å². The van der Waals surface area contributed by atoms with Gasteiger partial charge >= 0.3 is 0 Å². The Kier molecular flexibility index (Phi) is 3.84. The van der Waals surface area contributed by atoms with Crippen molar-refractivity contribution in [3.8, 4) is 0 Å². The van der Waals surface area contributed by atoms with E-state index in [0.29, 0.717) is 18.9 Å². The van der Waals surface area contributed by atoms with Gasteiger partial charge in [-0.3, -0.25) is 0 Å². The maximum Gasteiger partial charge on any atom is 0.197 e. The molecule has 0 atom stereocenters. The lowest BCUT2D eigenvalue weighted by molar-refractivity contribution is 0.196. The fourth-order valence-electron chi connectivity index (χ4n) is 1.69. The highest BCUT2D eigenvalue weighted by Gasteiger charge is 2.11. The van der Waals surface area contributed by atoms with E-state index in [4.69, 9.17) is 9.15 Å². The van der Waals surface area contributed by atoms with Gasteiger partial charge in [0.05, 0.1) is 11.1 Å². The van der Waals surface area contributed by atoms with Gasteiger partial charge in [-0.25, -0.2) is 4.98 Å². The molecule has 2 aromatic rings. The van der Waals surface area contributed by atoms with E-state index in [-0.39, 0.29) is 0 Å². The van der Waals surface area contributed by atoms with Crippen LogP contribution in [0.25, 0.3) is 11.1 Å². The fraction of sp³-hybridized carbons (Fsp3) is 0.462. The molecule has 0 spiro atoms. The lowest BCUT2D eigenvalue weighted by atomic mass is 10.0. The average molecular weight is 298 g/mol. The van der Waals surface area contributed by atoms with Crippen molar-refractivity contribution in [2.75, 3.05) is 13.7 Å². The molecule has 0 bridgehead atoms. The molecule has 0 N–H and O–H groups in total. The molecule has 0 aliphatic carbocycles. The quantitative estimate of drug-likeness (QED) is 0.858. The normalized spacial score (nSPS) is 11.6. The minimum absolute atomic E-state index is 0.481. The Labute approximate surface area is 109 Å². The topological polar surface area (TPSA) is 35.3 Å². The number of oxazole rings is 1. The number of rotatable bonds is 4. The molecule has 0 saturated carbocycles. The molecular weight excluding hydrogens is 282 g/mol. The van der Waals surface area contributed by atoms with Crippen molar-refractivity contribution >= 4 is 27.0 Å². The Bertz CT molecular complexity index is 519. The predicted octanol–water partition coefficient (Wildman–Crippen LogP) is 3.90.